The maximum absolute atomic E-state index is 13.5. The molecule has 1 amide bonds. The Morgan fingerprint density at radius 3 is 2.24 bits per heavy atom. The number of benzene rings is 1. The van der Waals surface area contributed by atoms with E-state index in [1.807, 2.05) is 7.05 Å². The molecule has 1 aliphatic carbocycles. The second kappa shape index (κ2) is 10.2. The van der Waals surface area contributed by atoms with E-state index in [-0.39, 0.29) is 29.5 Å². The first kappa shape index (κ1) is 27.3. The van der Waals surface area contributed by atoms with Crippen molar-refractivity contribution in [3.63, 3.8) is 0 Å². The van der Waals surface area contributed by atoms with Crippen molar-refractivity contribution in [1.82, 2.24) is 30.4 Å². The third-order valence-electron chi connectivity index (χ3n) is 7.30. The molecule has 2 aliphatic rings. The van der Waals surface area contributed by atoms with Crippen LogP contribution in [-0.4, -0.2) is 63.4 Å². The lowest BCUT2D eigenvalue weighted by Gasteiger charge is -2.36. The van der Waals surface area contributed by atoms with E-state index in [0.717, 1.165) is 12.8 Å². The quantitative estimate of drug-likeness (QED) is 0.572. The van der Waals surface area contributed by atoms with Crippen molar-refractivity contribution >= 4 is 5.91 Å². The van der Waals surface area contributed by atoms with Gasteiger partial charge in [0, 0.05) is 31.8 Å². The second-order valence-corrected chi connectivity index (χ2v) is 9.69. The van der Waals surface area contributed by atoms with Crippen LogP contribution >= 0.6 is 0 Å². The lowest BCUT2D eigenvalue weighted by molar-refractivity contribution is -0.143. The van der Waals surface area contributed by atoms with Gasteiger partial charge in [-0.3, -0.25) is 4.79 Å². The van der Waals surface area contributed by atoms with E-state index in [1.165, 1.54) is 4.80 Å². The molecule has 37 heavy (non-hydrogen) atoms. The summed E-state index contributed by atoms with van der Waals surface area (Å²) in [5, 5.41) is 14.7. The Kier molecular flexibility index (Phi) is 7.52. The number of halogens is 6. The summed E-state index contributed by atoms with van der Waals surface area (Å²) in [4.78, 5) is 17.0. The fraction of sp³-hybridized carbons (Fsp3) is 0.652. The highest BCUT2D eigenvalue weighted by atomic mass is 19.4. The molecular formula is C23H28F6N6O2. The molecule has 1 aliphatic heterocycles. The summed E-state index contributed by atoms with van der Waals surface area (Å²) in [6.07, 6.45) is -6.90. The topological polar surface area (TPSA) is 85.2 Å². The Morgan fingerprint density at radius 1 is 1.08 bits per heavy atom. The van der Waals surface area contributed by atoms with Gasteiger partial charge < -0.3 is 15.0 Å². The Hall–Kier alpha value is -2.74. The van der Waals surface area contributed by atoms with Gasteiger partial charge in [-0.25, -0.2) is 0 Å². The van der Waals surface area contributed by atoms with Gasteiger partial charge in [0.15, 0.2) is 5.82 Å². The number of ether oxygens (including phenoxy) is 1. The van der Waals surface area contributed by atoms with Crippen molar-refractivity contribution in [2.24, 2.45) is 7.05 Å². The van der Waals surface area contributed by atoms with E-state index < -0.39 is 41.3 Å². The zero-order valence-corrected chi connectivity index (χ0v) is 20.4. The Bertz CT molecular complexity index is 1080. The number of nitrogens with one attached hydrogen (secondary N) is 1. The first-order valence-electron chi connectivity index (χ1n) is 11.9. The fourth-order valence-corrected chi connectivity index (χ4v) is 5.22. The van der Waals surface area contributed by atoms with Gasteiger partial charge in [-0.2, -0.15) is 31.1 Å². The standard InChI is InChI=1S/C23H28F6N6O2/c1-34(17-4-7-37-8-5-17)18-3-6-21(12-18,19-31-33-35(2)32-19)20(36)30-13-14-9-15(22(24,25)26)11-16(10-14)23(27,28)29/h9-11,17-18H,3-8,12-13H2,1-2H3,(H,30,36)/t18-,21+/m1/s1. The molecule has 2 fully saturated rings. The van der Waals surface area contributed by atoms with Gasteiger partial charge in [0.25, 0.3) is 0 Å². The third kappa shape index (κ3) is 5.89. The van der Waals surface area contributed by atoms with Crippen molar-refractivity contribution in [3.05, 3.63) is 40.7 Å². The Labute approximate surface area is 209 Å². The smallest absolute Gasteiger partial charge is 0.381 e. The monoisotopic (exact) mass is 534 g/mol. The summed E-state index contributed by atoms with van der Waals surface area (Å²) in [5.41, 5.74) is -4.40. The average Bonchev–Trinajstić information content (AvgIpc) is 3.49. The summed E-state index contributed by atoms with van der Waals surface area (Å²) in [6, 6.07) is 1.56. The molecule has 1 N–H and O–H groups in total. The van der Waals surface area contributed by atoms with Crippen LogP contribution in [0.15, 0.2) is 18.2 Å². The van der Waals surface area contributed by atoms with Crippen LogP contribution in [0.1, 0.15) is 54.6 Å². The number of hydrogen-bond donors (Lipinski definition) is 1. The number of aromatic nitrogens is 4. The number of amides is 1. The SMILES string of the molecule is CN(C1CCOCC1)[C@@H]1CC[C@@](C(=O)NCc2cc(C(F)(F)F)cc(C(F)(F)F)c2)(c2nnn(C)n2)C1. The number of nitrogens with zero attached hydrogens (tertiary/aromatic N) is 5. The normalized spacial score (nSPS) is 23.5. The molecule has 0 radical (unpaired) electrons. The minimum Gasteiger partial charge on any atom is -0.381 e. The van der Waals surface area contributed by atoms with Crippen LogP contribution in [0, 0.1) is 0 Å². The largest absolute Gasteiger partial charge is 0.416 e. The van der Waals surface area contributed by atoms with Crippen molar-refractivity contribution < 1.29 is 35.9 Å². The Morgan fingerprint density at radius 2 is 1.70 bits per heavy atom. The Balaban J connectivity index is 1.57. The molecule has 8 nitrogen and oxygen atoms in total. The molecule has 1 aromatic carbocycles. The maximum atomic E-state index is 13.5. The molecule has 2 aromatic rings. The maximum Gasteiger partial charge on any atom is 0.416 e. The molecule has 0 spiro atoms. The zero-order chi connectivity index (χ0) is 27.0. The summed E-state index contributed by atoms with van der Waals surface area (Å²) >= 11 is 0. The minimum absolute atomic E-state index is 0.00282. The lowest BCUT2D eigenvalue weighted by atomic mass is 9.83. The van der Waals surface area contributed by atoms with Crippen molar-refractivity contribution in [3.8, 4) is 0 Å². The molecule has 1 saturated carbocycles. The summed E-state index contributed by atoms with van der Waals surface area (Å²) in [7, 11) is 3.53. The predicted molar refractivity (Wildman–Crippen MR) is 118 cm³/mol. The molecule has 1 saturated heterocycles. The van der Waals surface area contributed by atoms with Crippen LogP contribution < -0.4 is 5.32 Å². The highest BCUT2D eigenvalue weighted by molar-refractivity contribution is 5.87. The van der Waals surface area contributed by atoms with Crippen molar-refractivity contribution in [2.75, 3.05) is 20.3 Å². The highest BCUT2D eigenvalue weighted by Crippen LogP contribution is 2.43. The summed E-state index contributed by atoms with van der Waals surface area (Å²) < 4.78 is 84.9. The number of rotatable bonds is 6. The second-order valence-electron chi connectivity index (χ2n) is 9.69. The molecule has 2 heterocycles. The number of carbonyl (C=O) groups is 1. The molecule has 2 atom stereocenters. The van der Waals surface area contributed by atoms with E-state index in [0.29, 0.717) is 44.6 Å². The molecule has 4 rings (SSSR count). The molecule has 0 unspecified atom stereocenters. The number of aryl methyl sites for hydroxylation is 1. The van der Waals surface area contributed by atoms with E-state index in [2.05, 4.69) is 25.6 Å². The predicted octanol–water partition coefficient (Wildman–Crippen LogP) is 3.47. The fourth-order valence-electron chi connectivity index (χ4n) is 5.22. The summed E-state index contributed by atoms with van der Waals surface area (Å²) in [6.45, 7) is 0.778. The lowest BCUT2D eigenvalue weighted by Crippen LogP contribution is -2.47. The van der Waals surface area contributed by atoms with E-state index >= 15 is 0 Å². The van der Waals surface area contributed by atoms with Gasteiger partial charge in [-0.1, -0.05) is 0 Å². The van der Waals surface area contributed by atoms with Crippen LogP contribution in [0.5, 0.6) is 0 Å². The molecule has 14 heteroatoms. The van der Waals surface area contributed by atoms with Crippen LogP contribution in [0.2, 0.25) is 0 Å². The zero-order valence-electron chi connectivity index (χ0n) is 20.4. The van der Waals surface area contributed by atoms with Gasteiger partial charge in [-0.15, -0.1) is 10.2 Å². The number of tetrazole rings is 1. The van der Waals surface area contributed by atoms with Crippen LogP contribution in [-0.2, 0) is 40.9 Å². The molecule has 0 bridgehead atoms. The molecule has 1 aromatic heterocycles. The first-order valence-corrected chi connectivity index (χ1v) is 11.9. The first-order chi connectivity index (χ1) is 17.3. The van der Waals surface area contributed by atoms with Gasteiger partial charge in [0.1, 0.15) is 5.41 Å². The van der Waals surface area contributed by atoms with E-state index in [9.17, 15) is 31.1 Å². The summed E-state index contributed by atoms with van der Waals surface area (Å²) in [5.74, 6) is -0.384. The van der Waals surface area contributed by atoms with Crippen LogP contribution in [0.25, 0.3) is 0 Å². The highest BCUT2D eigenvalue weighted by Gasteiger charge is 2.51. The van der Waals surface area contributed by atoms with Crippen molar-refractivity contribution in [2.45, 2.75) is 68.5 Å². The van der Waals surface area contributed by atoms with Gasteiger partial charge in [-0.05, 0) is 68.1 Å². The third-order valence-corrected chi connectivity index (χ3v) is 7.30. The number of carbonyl (C=O) groups excluding carboxylic acids is 1. The van der Waals surface area contributed by atoms with Gasteiger partial charge in [0.2, 0.25) is 5.91 Å². The minimum atomic E-state index is -4.97. The van der Waals surface area contributed by atoms with Crippen LogP contribution in [0.3, 0.4) is 0 Å². The van der Waals surface area contributed by atoms with Gasteiger partial charge in [0.05, 0.1) is 18.2 Å². The van der Waals surface area contributed by atoms with Crippen LogP contribution in [0.4, 0.5) is 26.3 Å². The van der Waals surface area contributed by atoms with Gasteiger partial charge >= 0.3 is 12.4 Å². The molecule has 204 valence electrons. The number of hydrogen-bond acceptors (Lipinski definition) is 6. The number of alkyl halides is 6. The average molecular weight is 535 g/mol. The van der Waals surface area contributed by atoms with Crippen molar-refractivity contribution in [1.29, 1.82) is 0 Å². The molecular weight excluding hydrogens is 506 g/mol. The van der Waals surface area contributed by atoms with E-state index in [4.69, 9.17) is 4.74 Å². The van der Waals surface area contributed by atoms with E-state index in [1.54, 1.807) is 7.05 Å².